The number of pyridine rings is 1. The van der Waals surface area contributed by atoms with Crippen molar-refractivity contribution in [3.8, 4) is 0 Å². The van der Waals surface area contributed by atoms with Gasteiger partial charge in [-0.15, -0.1) is 10.2 Å². The van der Waals surface area contributed by atoms with Gasteiger partial charge in [0.15, 0.2) is 0 Å². The molecule has 30 heavy (non-hydrogen) atoms. The van der Waals surface area contributed by atoms with Gasteiger partial charge < -0.3 is 15.2 Å². The minimum atomic E-state index is -0.175. The van der Waals surface area contributed by atoms with Crippen LogP contribution in [0.3, 0.4) is 0 Å². The summed E-state index contributed by atoms with van der Waals surface area (Å²) >= 11 is 0. The van der Waals surface area contributed by atoms with Gasteiger partial charge in [-0.2, -0.15) is 0 Å². The quantitative estimate of drug-likeness (QED) is 0.601. The predicted molar refractivity (Wildman–Crippen MR) is 116 cm³/mol. The molecule has 1 atom stereocenters. The third-order valence-corrected chi connectivity index (χ3v) is 5.58. The molecule has 1 amide bonds. The fourth-order valence-electron chi connectivity index (χ4n) is 3.68. The maximum absolute atomic E-state index is 12.8. The molecule has 4 rings (SSSR count). The van der Waals surface area contributed by atoms with Crippen molar-refractivity contribution in [2.45, 2.75) is 44.6 Å². The molecule has 2 N–H and O–H groups in total. The summed E-state index contributed by atoms with van der Waals surface area (Å²) in [7, 11) is 3.87. The van der Waals surface area contributed by atoms with Gasteiger partial charge >= 0.3 is 0 Å². The summed E-state index contributed by atoms with van der Waals surface area (Å²) in [5, 5.41) is 14.3. The minimum Gasteiger partial charge on any atom is -0.321 e. The number of hydrogen-bond donors (Lipinski definition) is 2. The third kappa shape index (κ3) is 4.57. The number of benzene rings is 1. The van der Waals surface area contributed by atoms with Crippen LogP contribution in [0.1, 0.15) is 64.7 Å². The van der Waals surface area contributed by atoms with Gasteiger partial charge in [-0.1, -0.05) is 25.1 Å². The number of nitrogens with zero attached hydrogens (tertiary/aromatic N) is 4. The third-order valence-electron chi connectivity index (χ3n) is 5.58. The van der Waals surface area contributed by atoms with Gasteiger partial charge in [0.25, 0.3) is 5.91 Å². The van der Waals surface area contributed by atoms with Crippen molar-refractivity contribution >= 4 is 11.6 Å². The molecule has 0 unspecified atom stereocenters. The molecule has 1 aromatic carbocycles. The SMILES string of the molecule is CNCc1ccc(C(=O)Nc2cccc([C@H](C)Cc3nncn3C)c2)nc1C1CC1. The Morgan fingerprint density at radius 2 is 2.10 bits per heavy atom. The zero-order valence-electron chi connectivity index (χ0n) is 17.7. The number of rotatable bonds is 8. The van der Waals surface area contributed by atoms with Crippen LogP contribution in [-0.4, -0.2) is 32.7 Å². The highest BCUT2D eigenvalue weighted by Crippen LogP contribution is 2.40. The largest absolute Gasteiger partial charge is 0.321 e. The van der Waals surface area contributed by atoms with E-state index in [1.165, 1.54) is 5.56 Å². The lowest BCUT2D eigenvalue weighted by Gasteiger charge is -2.14. The molecular formula is C23H28N6O. The summed E-state index contributed by atoms with van der Waals surface area (Å²) in [5.41, 5.74) is 4.62. The lowest BCUT2D eigenvalue weighted by molar-refractivity contribution is 0.102. The smallest absolute Gasteiger partial charge is 0.274 e. The summed E-state index contributed by atoms with van der Waals surface area (Å²) in [6.45, 7) is 2.92. The van der Waals surface area contributed by atoms with Crippen LogP contribution < -0.4 is 10.6 Å². The maximum Gasteiger partial charge on any atom is 0.274 e. The highest BCUT2D eigenvalue weighted by molar-refractivity contribution is 6.03. The molecule has 1 aliphatic carbocycles. The van der Waals surface area contributed by atoms with E-state index >= 15 is 0 Å². The van der Waals surface area contributed by atoms with E-state index in [1.54, 1.807) is 6.33 Å². The Bertz CT molecular complexity index is 1040. The monoisotopic (exact) mass is 404 g/mol. The maximum atomic E-state index is 12.8. The molecule has 1 fully saturated rings. The van der Waals surface area contributed by atoms with Gasteiger partial charge in [0.05, 0.1) is 0 Å². The molecule has 1 aliphatic rings. The van der Waals surface area contributed by atoms with Crippen molar-refractivity contribution in [3.05, 3.63) is 71.1 Å². The van der Waals surface area contributed by atoms with E-state index in [-0.39, 0.29) is 11.8 Å². The number of aromatic nitrogens is 4. The van der Waals surface area contributed by atoms with Gasteiger partial charge in [0.2, 0.25) is 0 Å². The molecule has 1 saturated carbocycles. The lowest BCUT2D eigenvalue weighted by atomic mass is 9.97. The molecule has 0 spiro atoms. The molecule has 0 bridgehead atoms. The number of carbonyl (C=O) groups is 1. The summed E-state index contributed by atoms with van der Waals surface area (Å²) in [6.07, 6.45) is 4.80. The fraction of sp³-hybridized carbons (Fsp3) is 0.391. The van der Waals surface area contributed by atoms with E-state index < -0.39 is 0 Å². The van der Waals surface area contributed by atoms with Crippen LogP contribution in [-0.2, 0) is 20.0 Å². The number of hydrogen-bond acceptors (Lipinski definition) is 5. The molecule has 0 radical (unpaired) electrons. The van der Waals surface area contributed by atoms with Crippen molar-refractivity contribution in [1.29, 1.82) is 0 Å². The van der Waals surface area contributed by atoms with E-state index in [9.17, 15) is 4.79 Å². The summed E-state index contributed by atoms with van der Waals surface area (Å²) in [4.78, 5) is 17.5. The van der Waals surface area contributed by atoms with E-state index in [2.05, 4.69) is 33.8 Å². The van der Waals surface area contributed by atoms with E-state index in [0.717, 1.165) is 48.6 Å². The van der Waals surface area contributed by atoms with Crippen molar-refractivity contribution < 1.29 is 4.79 Å². The number of anilines is 1. The average molecular weight is 405 g/mol. The van der Waals surface area contributed by atoms with Crippen LogP contribution in [0.25, 0.3) is 0 Å². The van der Waals surface area contributed by atoms with Crippen molar-refractivity contribution in [1.82, 2.24) is 25.1 Å². The molecule has 7 heteroatoms. The van der Waals surface area contributed by atoms with Crippen LogP contribution in [0.2, 0.25) is 0 Å². The van der Waals surface area contributed by atoms with E-state index in [1.807, 2.05) is 49.0 Å². The first-order chi connectivity index (χ1) is 14.5. The van der Waals surface area contributed by atoms with Crippen LogP contribution in [0.4, 0.5) is 5.69 Å². The molecule has 2 aromatic heterocycles. The molecule has 3 aromatic rings. The second-order valence-electron chi connectivity index (χ2n) is 8.09. The van der Waals surface area contributed by atoms with Crippen molar-refractivity contribution in [2.24, 2.45) is 7.05 Å². The topological polar surface area (TPSA) is 84.7 Å². The zero-order chi connectivity index (χ0) is 21.1. The van der Waals surface area contributed by atoms with E-state index in [4.69, 9.17) is 4.98 Å². The fourth-order valence-corrected chi connectivity index (χ4v) is 3.68. The van der Waals surface area contributed by atoms with Gasteiger partial charge in [0, 0.05) is 37.3 Å². The molecule has 0 saturated heterocycles. The highest BCUT2D eigenvalue weighted by Gasteiger charge is 2.28. The second kappa shape index (κ2) is 8.75. The average Bonchev–Trinajstić information content (AvgIpc) is 3.51. The Labute approximate surface area is 176 Å². The molecule has 7 nitrogen and oxygen atoms in total. The number of carbonyl (C=O) groups excluding carboxylic acids is 1. The first kappa shape index (κ1) is 20.2. The first-order valence-electron chi connectivity index (χ1n) is 10.4. The lowest BCUT2D eigenvalue weighted by Crippen LogP contribution is -2.16. The molecular weight excluding hydrogens is 376 g/mol. The Hall–Kier alpha value is -3.06. The predicted octanol–water partition coefficient (Wildman–Crippen LogP) is 3.41. The Kier molecular flexibility index (Phi) is 5.90. The van der Waals surface area contributed by atoms with Gasteiger partial charge in [-0.05, 0) is 55.1 Å². The van der Waals surface area contributed by atoms with Crippen LogP contribution in [0.5, 0.6) is 0 Å². The Morgan fingerprint density at radius 1 is 1.27 bits per heavy atom. The molecule has 156 valence electrons. The summed E-state index contributed by atoms with van der Waals surface area (Å²) in [6, 6.07) is 11.8. The van der Waals surface area contributed by atoms with Crippen molar-refractivity contribution in [3.63, 3.8) is 0 Å². The van der Waals surface area contributed by atoms with Gasteiger partial charge in [-0.3, -0.25) is 4.79 Å². The van der Waals surface area contributed by atoms with Crippen LogP contribution in [0, 0.1) is 0 Å². The number of nitrogens with one attached hydrogen (secondary N) is 2. The van der Waals surface area contributed by atoms with Crippen LogP contribution >= 0.6 is 0 Å². The Morgan fingerprint density at radius 3 is 2.80 bits per heavy atom. The first-order valence-corrected chi connectivity index (χ1v) is 10.4. The summed E-state index contributed by atoms with van der Waals surface area (Å²) in [5.74, 6) is 1.51. The molecule has 0 aliphatic heterocycles. The van der Waals surface area contributed by atoms with E-state index in [0.29, 0.717) is 11.6 Å². The zero-order valence-corrected chi connectivity index (χ0v) is 17.7. The standard InChI is InChI=1S/C23H28N6O/c1-15(11-21-28-25-14-29(21)3)17-5-4-6-19(12-17)26-23(30)20-10-9-18(13-24-2)22(27-20)16-7-8-16/h4-6,9-10,12,14-16,24H,7-8,11,13H2,1-3H3,(H,26,30)/t15-/m1/s1. The highest BCUT2D eigenvalue weighted by atomic mass is 16.1. The summed E-state index contributed by atoms with van der Waals surface area (Å²) < 4.78 is 1.93. The second-order valence-corrected chi connectivity index (χ2v) is 8.09. The molecule has 2 heterocycles. The Balaban J connectivity index is 1.48. The van der Waals surface area contributed by atoms with Gasteiger partial charge in [-0.25, -0.2) is 4.98 Å². The van der Waals surface area contributed by atoms with Crippen molar-refractivity contribution in [2.75, 3.05) is 12.4 Å². The minimum absolute atomic E-state index is 0.175. The normalized spacial score (nSPS) is 14.5. The van der Waals surface area contributed by atoms with Gasteiger partial charge in [0.1, 0.15) is 17.8 Å². The van der Waals surface area contributed by atoms with Crippen LogP contribution in [0.15, 0.2) is 42.7 Å². The number of amides is 1. The number of aryl methyl sites for hydroxylation is 1.